The second-order valence-electron chi connectivity index (χ2n) is 7.55. The number of nitrogens with zero attached hydrogens (tertiary/aromatic N) is 2. The summed E-state index contributed by atoms with van der Waals surface area (Å²) in [6.45, 7) is 9.33. The Morgan fingerprint density at radius 3 is 2.29 bits per heavy atom. The van der Waals surface area contributed by atoms with Crippen LogP contribution in [0.3, 0.4) is 0 Å². The van der Waals surface area contributed by atoms with Gasteiger partial charge >= 0.3 is 0 Å². The van der Waals surface area contributed by atoms with Crippen LogP contribution in [0.2, 0.25) is 0 Å². The van der Waals surface area contributed by atoms with E-state index in [9.17, 15) is 14.3 Å². The van der Waals surface area contributed by atoms with Gasteiger partial charge in [-0.2, -0.15) is 5.10 Å². The number of hydrogen-bond donors (Lipinski definition) is 2. The molecule has 0 radical (unpaired) electrons. The summed E-state index contributed by atoms with van der Waals surface area (Å²) in [6, 6.07) is 7.69. The highest BCUT2D eigenvalue weighted by Gasteiger charge is 2.26. The van der Waals surface area contributed by atoms with E-state index in [1.165, 1.54) is 12.1 Å². The fourth-order valence-electron chi connectivity index (χ4n) is 2.22. The van der Waals surface area contributed by atoms with Crippen molar-refractivity contribution in [2.75, 3.05) is 6.61 Å². The third-order valence-electron chi connectivity index (χ3n) is 3.63. The predicted molar refractivity (Wildman–Crippen MR) is 90.9 cm³/mol. The third kappa shape index (κ3) is 4.00. The lowest BCUT2D eigenvalue weighted by Gasteiger charge is -2.22. The first kappa shape index (κ1) is 18.1. The van der Waals surface area contributed by atoms with Crippen LogP contribution in [0.1, 0.15) is 50.8 Å². The second kappa shape index (κ2) is 6.36. The molecule has 0 atom stereocenters. The maximum atomic E-state index is 13.2. The van der Waals surface area contributed by atoms with Crippen molar-refractivity contribution in [3.63, 3.8) is 0 Å². The largest absolute Gasteiger partial charge is 0.394 e. The van der Waals surface area contributed by atoms with Gasteiger partial charge in [-0.3, -0.25) is 4.79 Å². The number of hydrogen-bond acceptors (Lipinski definition) is 3. The minimum atomic E-state index is -0.737. The molecule has 1 aromatic carbocycles. The first-order chi connectivity index (χ1) is 11.0. The summed E-state index contributed by atoms with van der Waals surface area (Å²) in [6.07, 6.45) is 0. The zero-order valence-corrected chi connectivity index (χ0v) is 14.7. The molecular formula is C18H24FN3O2. The molecule has 0 saturated carbocycles. The van der Waals surface area contributed by atoms with Gasteiger partial charge in [-0.15, -0.1) is 0 Å². The van der Waals surface area contributed by atoms with E-state index >= 15 is 0 Å². The first-order valence-electron chi connectivity index (χ1n) is 7.83. The monoisotopic (exact) mass is 333 g/mol. The maximum absolute atomic E-state index is 13.2. The molecule has 0 bridgehead atoms. The Bertz CT molecular complexity index is 728. The van der Waals surface area contributed by atoms with Crippen LogP contribution in [0.25, 0.3) is 5.69 Å². The SMILES string of the molecule is CC(C)(CO)NC(=O)c1cc(C(C)(C)C)n(-c2ccc(F)cc2)n1. The Hall–Kier alpha value is -2.21. The number of nitrogens with one attached hydrogen (secondary N) is 1. The lowest BCUT2D eigenvalue weighted by Crippen LogP contribution is -2.46. The van der Waals surface area contributed by atoms with E-state index in [-0.39, 0.29) is 29.4 Å². The molecule has 24 heavy (non-hydrogen) atoms. The highest BCUT2D eigenvalue weighted by atomic mass is 19.1. The molecule has 0 unspecified atom stereocenters. The van der Waals surface area contributed by atoms with Crippen molar-refractivity contribution in [2.45, 2.75) is 45.6 Å². The average Bonchev–Trinajstić information content (AvgIpc) is 2.93. The summed E-state index contributed by atoms with van der Waals surface area (Å²) in [5, 5.41) is 16.5. The summed E-state index contributed by atoms with van der Waals surface area (Å²) >= 11 is 0. The topological polar surface area (TPSA) is 67.2 Å². The zero-order chi connectivity index (χ0) is 18.1. The number of amides is 1. The Balaban J connectivity index is 2.46. The van der Waals surface area contributed by atoms with Crippen LogP contribution in [-0.2, 0) is 5.41 Å². The molecule has 1 amide bonds. The van der Waals surface area contributed by atoms with Gasteiger partial charge in [0, 0.05) is 5.41 Å². The van der Waals surface area contributed by atoms with Gasteiger partial charge in [-0.25, -0.2) is 9.07 Å². The van der Waals surface area contributed by atoms with Gasteiger partial charge < -0.3 is 10.4 Å². The lowest BCUT2D eigenvalue weighted by atomic mass is 9.91. The lowest BCUT2D eigenvalue weighted by molar-refractivity contribution is 0.0864. The first-order valence-corrected chi connectivity index (χ1v) is 7.83. The minimum absolute atomic E-state index is 0.177. The number of aliphatic hydroxyl groups excluding tert-OH is 1. The van der Waals surface area contributed by atoms with E-state index in [0.717, 1.165) is 5.69 Å². The molecule has 130 valence electrons. The Morgan fingerprint density at radius 1 is 1.21 bits per heavy atom. The molecule has 1 aromatic heterocycles. The summed E-state index contributed by atoms with van der Waals surface area (Å²) < 4.78 is 14.8. The van der Waals surface area contributed by atoms with Crippen LogP contribution in [0.15, 0.2) is 30.3 Å². The van der Waals surface area contributed by atoms with Crippen molar-refractivity contribution in [2.24, 2.45) is 0 Å². The van der Waals surface area contributed by atoms with Gasteiger partial charge in [0.25, 0.3) is 5.91 Å². The van der Waals surface area contributed by atoms with Gasteiger partial charge in [0.15, 0.2) is 5.69 Å². The molecule has 6 heteroatoms. The Labute approximate surface area is 141 Å². The van der Waals surface area contributed by atoms with Crippen LogP contribution in [0.5, 0.6) is 0 Å². The molecule has 2 rings (SSSR count). The van der Waals surface area contributed by atoms with Crippen LogP contribution in [0, 0.1) is 5.82 Å². The van der Waals surface area contributed by atoms with Crippen molar-refractivity contribution in [1.82, 2.24) is 15.1 Å². The van der Waals surface area contributed by atoms with E-state index < -0.39 is 5.54 Å². The van der Waals surface area contributed by atoms with Gasteiger partial charge in [0.05, 0.1) is 23.5 Å². The van der Waals surface area contributed by atoms with Crippen molar-refractivity contribution >= 4 is 5.91 Å². The predicted octanol–water partition coefficient (Wildman–Crippen LogP) is 2.81. The molecule has 1 heterocycles. The number of carbonyl (C=O) groups excluding carboxylic acids is 1. The van der Waals surface area contributed by atoms with Gasteiger partial charge in [0.2, 0.25) is 0 Å². The number of halogens is 1. The van der Waals surface area contributed by atoms with E-state index in [4.69, 9.17) is 0 Å². The van der Waals surface area contributed by atoms with Gasteiger partial charge in [-0.05, 0) is 44.2 Å². The van der Waals surface area contributed by atoms with Crippen LogP contribution in [-0.4, -0.2) is 32.9 Å². The molecule has 0 aliphatic rings. The minimum Gasteiger partial charge on any atom is -0.394 e. The summed E-state index contributed by atoms with van der Waals surface area (Å²) in [4.78, 5) is 12.4. The maximum Gasteiger partial charge on any atom is 0.272 e. The fourth-order valence-corrected chi connectivity index (χ4v) is 2.22. The molecule has 0 saturated heterocycles. The molecule has 2 N–H and O–H groups in total. The molecule has 2 aromatic rings. The third-order valence-corrected chi connectivity index (χ3v) is 3.63. The van der Waals surface area contributed by atoms with Crippen molar-refractivity contribution in [1.29, 1.82) is 0 Å². The number of aromatic nitrogens is 2. The van der Waals surface area contributed by atoms with E-state index in [1.807, 2.05) is 20.8 Å². The average molecular weight is 333 g/mol. The van der Waals surface area contributed by atoms with Crippen molar-refractivity contribution in [3.8, 4) is 5.69 Å². The summed E-state index contributed by atoms with van der Waals surface area (Å²) in [5.74, 6) is -0.689. The smallest absolute Gasteiger partial charge is 0.272 e. The number of aliphatic hydroxyl groups is 1. The molecule has 0 aliphatic carbocycles. The van der Waals surface area contributed by atoms with E-state index in [2.05, 4.69) is 10.4 Å². The van der Waals surface area contributed by atoms with E-state index in [0.29, 0.717) is 5.69 Å². The quantitative estimate of drug-likeness (QED) is 0.904. The Morgan fingerprint density at radius 2 is 1.79 bits per heavy atom. The number of benzene rings is 1. The zero-order valence-electron chi connectivity index (χ0n) is 14.7. The molecule has 5 nitrogen and oxygen atoms in total. The standard InChI is InChI=1S/C18H24FN3O2/c1-17(2,3)15-10-14(16(24)20-18(4,5)11-23)21-22(15)13-8-6-12(19)7-9-13/h6-10,23H,11H2,1-5H3,(H,20,24). The van der Waals surface area contributed by atoms with Crippen molar-refractivity contribution < 1.29 is 14.3 Å². The van der Waals surface area contributed by atoms with Crippen LogP contribution in [0.4, 0.5) is 4.39 Å². The van der Waals surface area contributed by atoms with E-state index in [1.54, 1.807) is 36.7 Å². The van der Waals surface area contributed by atoms with Crippen LogP contribution >= 0.6 is 0 Å². The fraction of sp³-hybridized carbons (Fsp3) is 0.444. The van der Waals surface area contributed by atoms with Gasteiger partial charge in [-0.1, -0.05) is 20.8 Å². The second-order valence-corrected chi connectivity index (χ2v) is 7.55. The summed E-state index contributed by atoms with van der Waals surface area (Å²) in [7, 11) is 0. The van der Waals surface area contributed by atoms with Gasteiger partial charge in [0.1, 0.15) is 5.82 Å². The molecule has 0 spiro atoms. The summed E-state index contributed by atoms with van der Waals surface area (Å²) in [5.41, 5.74) is 0.777. The highest BCUT2D eigenvalue weighted by molar-refractivity contribution is 5.93. The molecule has 0 fully saturated rings. The molecular weight excluding hydrogens is 309 g/mol. The highest BCUT2D eigenvalue weighted by Crippen LogP contribution is 2.26. The molecule has 0 aliphatic heterocycles. The normalized spacial score (nSPS) is 12.3. The van der Waals surface area contributed by atoms with Crippen molar-refractivity contribution in [3.05, 3.63) is 47.5 Å². The number of carbonyl (C=O) groups is 1. The Kier molecular flexibility index (Phi) is 4.80. The van der Waals surface area contributed by atoms with Crippen LogP contribution < -0.4 is 5.32 Å². The number of rotatable bonds is 4.